The molecule has 0 aliphatic heterocycles. The molecule has 100 valence electrons. The number of aromatic nitrogens is 3. The van der Waals surface area contributed by atoms with Crippen molar-refractivity contribution < 1.29 is 9.18 Å². The van der Waals surface area contributed by atoms with Crippen molar-refractivity contribution in [2.75, 3.05) is 5.32 Å². The largest absolute Gasteiger partial charge is 0.322 e. The van der Waals surface area contributed by atoms with E-state index in [9.17, 15) is 9.18 Å². The van der Waals surface area contributed by atoms with Crippen LogP contribution in [0, 0.1) is 12.7 Å². The molecule has 3 rings (SSSR count). The summed E-state index contributed by atoms with van der Waals surface area (Å²) in [6.07, 6.45) is 3.04. The Morgan fingerprint density at radius 1 is 1.30 bits per heavy atom. The fraction of sp³-hybridized carbons (Fsp3) is 0.0714. The number of amides is 1. The minimum Gasteiger partial charge on any atom is -0.322 e. The predicted octanol–water partition coefficient (Wildman–Crippen LogP) is 2.66. The van der Waals surface area contributed by atoms with Gasteiger partial charge in [-0.15, -0.1) is 0 Å². The molecule has 0 radical (unpaired) electrons. The van der Waals surface area contributed by atoms with Gasteiger partial charge in [0, 0.05) is 17.3 Å². The van der Waals surface area contributed by atoms with Crippen LogP contribution in [0.5, 0.6) is 0 Å². The van der Waals surface area contributed by atoms with Gasteiger partial charge < -0.3 is 5.32 Å². The van der Waals surface area contributed by atoms with Crippen molar-refractivity contribution in [1.82, 2.24) is 15.2 Å². The SMILES string of the molecule is Cc1ccc(F)cc1NC(=O)c1cnc2[nH]ncc2c1. The van der Waals surface area contributed by atoms with E-state index in [-0.39, 0.29) is 5.91 Å². The summed E-state index contributed by atoms with van der Waals surface area (Å²) in [6, 6.07) is 5.93. The molecule has 1 aromatic carbocycles. The lowest BCUT2D eigenvalue weighted by Gasteiger charge is -2.08. The highest BCUT2D eigenvalue weighted by Crippen LogP contribution is 2.18. The number of carbonyl (C=O) groups excluding carboxylic acids is 1. The number of halogens is 1. The molecule has 0 bridgehead atoms. The molecular weight excluding hydrogens is 259 g/mol. The molecule has 1 amide bonds. The van der Waals surface area contributed by atoms with Crippen LogP contribution in [-0.4, -0.2) is 21.1 Å². The Hall–Kier alpha value is -2.76. The summed E-state index contributed by atoms with van der Waals surface area (Å²) >= 11 is 0. The predicted molar refractivity (Wildman–Crippen MR) is 73.0 cm³/mol. The summed E-state index contributed by atoms with van der Waals surface area (Å²) < 4.78 is 13.2. The van der Waals surface area contributed by atoms with Crippen molar-refractivity contribution in [3.8, 4) is 0 Å². The van der Waals surface area contributed by atoms with Crippen LogP contribution in [0.3, 0.4) is 0 Å². The van der Waals surface area contributed by atoms with Gasteiger partial charge in [-0.1, -0.05) is 6.07 Å². The third-order valence-corrected chi connectivity index (χ3v) is 3.00. The Morgan fingerprint density at radius 3 is 3.00 bits per heavy atom. The molecule has 0 spiro atoms. The molecule has 3 aromatic rings. The van der Waals surface area contributed by atoms with Crippen LogP contribution in [0.15, 0.2) is 36.7 Å². The van der Waals surface area contributed by atoms with Gasteiger partial charge in [-0.2, -0.15) is 5.10 Å². The molecule has 0 fully saturated rings. The maximum atomic E-state index is 13.2. The third-order valence-electron chi connectivity index (χ3n) is 3.00. The van der Waals surface area contributed by atoms with E-state index in [1.165, 1.54) is 18.3 Å². The van der Waals surface area contributed by atoms with E-state index in [2.05, 4.69) is 20.5 Å². The second-order valence-electron chi connectivity index (χ2n) is 4.45. The summed E-state index contributed by atoms with van der Waals surface area (Å²) in [5.41, 5.74) is 2.24. The van der Waals surface area contributed by atoms with Gasteiger partial charge in [0.05, 0.1) is 11.8 Å². The van der Waals surface area contributed by atoms with Gasteiger partial charge in [-0.3, -0.25) is 9.89 Å². The normalized spacial score (nSPS) is 10.7. The second-order valence-corrected chi connectivity index (χ2v) is 4.45. The number of pyridine rings is 1. The molecule has 2 heterocycles. The van der Waals surface area contributed by atoms with Crippen LogP contribution in [0.25, 0.3) is 11.0 Å². The number of anilines is 1. The van der Waals surface area contributed by atoms with E-state index in [0.29, 0.717) is 16.9 Å². The Balaban J connectivity index is 1.90. The maximum absolute atomic E-state index is 13.2. The first-order valence-corrected chi connectivity index (χ1v) is 6.00. The minimum absolute atomic E-state index is 0.339. The molecule has 0 atom stereocenters. The number of benzene rings is 1. The molecule has 0 unspecified atom stereocenters. The van der Waals surface area contributed by atoms with Gasteiger partial charge in [0.2, 0.25) is 0 Å². The fourth-order valence-electron chi connectivity index (χ4n) is 1.88. The summed E-state index contributed by atoms with van der Waals surface area (Å²) in [5, 5.41) is 9.97. The first-order valence-electron chi connectivity index (χ1n) is 6.00. The van der Waals surface area contributed by atoms with Gasteiger partial charge in [-0.05, 0) is 30.7 Å². The average Bonchev–Trinajstić information content (AvgIpc) is 2.90. The van der Waals surface area contributed by atoms with E-state index in [4.69, 9.17) is 0 Å². The Bertz CT molecular complexity index is 797. The van der Waals surface area contributed by atoms with Gasteiger partial charge in [0.1, 0.15) is 5.82 Å². The molecule has 20 heavy (non-hydrogen) atoms. The number of hydrogen-bond donors (Lipinski definition) is 2. The van der Waals surface area contributed by atoms with Crippen LogP contribution in [0.4, 0.5) is 10.1 Å². The average molecular weight is 270 g/mol. The number of nitrogens with one attached hydrogen (secondary N) is 2. The number of aromatic amines is 1. The highest BCUT2D eigenvalue weighted by Gasteiger charge is 2.10. The van der Waals surface area contributed by atoms with Crippen LogP contribution in [0.1, 0.15) is 15.9 Å². The van der Waals surface area contributed by atoms with E-state index in [1.54, 1.807) is 25.3 Å². The molecule has 2 N–H and O–H groups in total. The highest BCUT2D eigenvalue weighted by atomic mass is 19.1. The summed E-state index contributed by atoms with van der Waals surface area (Å²) in [5.74, 6) is -0.733. The van der Waals surface area contributed by atoms with Gasteiger partial charge >= 0.3 is 0 Å². The first kappa shape index (κ1) is 12.3. The zero-order valence-corrected chi connectivity index (χ0v) is 10.6. The Morgan fingerprint density at radius 2 is 2.15 bits per heavy atom. The van der Waals surface area contributed by atoms with E-state index < -0.39 is 5.82 Å². The Kier molecular flexibility index (Phi) is 2.90. The lowest BCUT2D eigenvalue weighted by Crippen LogP contribution is -2.13. The number of rotatable bonds is 2. The van der Waals surface area contributed by atoms with Gasteiger partial charge in [0.15, 0.2) is 5.65 Å². The van der Waals surface area contributed by atoms with Gasteiger partial charge in [0.25, 0.3) is 5.91 Å². The second kappa shape index (κ2) is 4.73. The molecule has 0 saturated heterocycles. The molecule has 6 heteroatoms. The third kappa shape index (κ3) is 2.23. The molecular formula is C14H11FN4O. The summed E-state index contributed by atoms with van der Waals surface area (Å²) in [7, 11) is 0. The lowest BCUT2D eigenvalue weighted by atomic mass is 10.1. The van der Waals surface area contributed by atoms with Crippen LogP contribution in [-0.2, 0) is 0 Å². The van der Waals surface area contributed by atoms with E-state index in [1.807, 2.05) is 0 Å². The van der Waals surface area contributed by atoms with E-state index in [0.717, 1.165) is 10.9 Å². The highest BCUT2D eigenvalue weighted by molar-refractivity contribution is 6.05. The molecule has 2 aromatic heterocycles. The van der Waals surface area contributed by atoms with Crippen LogP contribution >= 0.6 is 0 Å². The zero-order valence-electron chi connectivity index (χ0n) is 10.6. The minimum atomic E-state index is -0.394. The van der Waals surface area contributed by atoms with Crippen molar-refractivity contribution in [2.24, 2.45) is 0 Å². The number of hydrogen-bond acceptors (Lipinski definition) is 3. The lowest BCUT2D eigenvalue weighted by molar-refractivity contribution is 0.102. The summed E-state index contributed by atoms with van der Waals surface area (Å²) in [6.45, 7) is 1.80. The molecule has 0 aliphatic carbocycles. The van der Waals surface area contributed by atoms with Crippen molar-refractivity contribution in [2.45, 2.75) is 6.92 Å². The monoisotopic (exact) mass is 270 g/mol. The number of fused-ring (bicyclic) bond motifs is 1. The zero-order chi connectivity index (χ0) is 14.1. The Labute approximate surface area is 113 Å². The fourth-order valence-corrected chi connectivity index (χ4v) is 1.88. The van der Waals surface area contributed by atoms with Crippen molar-refractivity contribution in [1.29, 1.82) is 0 Å². The van der Waals surface area contributed by atoms with Crippen molar-refractivity contribution in [3.05, 3.63) is 53.6 Å². The smallest absolute Gasteiger partial charge is 0.257 e. The quantitative estimate of drug-likeness (QED) is 0.752. The van der Waals surface area contributed by atoms with E-state index >= 15 is 0 Å². The summed E-state index contributed by atoms with van der Waals surface area (Å²) in [4.78, 5) is 16.2. The van der Waals surface area contributed by atoms with Crippen LogP contribution in [0.2, 0.25) is 0 Å². The van der Waals surface area contributed by atoms with Crippen molar-refractivity contribution in [3.63, 3.8) is 0 Å². The number of carbonyl (C=O) groups is 1. The maximum Gasteiger partial charge on any atom is 0.257 e. The molecule has 5 nitrogen and oxygen atoms in total. The number of nitrogens with zero attached hydrogens (tertiary/aromatic N) is 2. The van der Waals surface area contributed by atoms with Crippen molar-refractivity contribution >= 4 is 22.6 Å². The van der Waals surface area contributed by atoms with Crippen LogP contribution < -0.4 is 5.32 Å². The first-order chi connectivity index (χ1) is 9.63. The number of aryl methyl sites for hydroxylation is 1. The number of H-pyrrole nitrogens is 1. The van der Waals surface area contributed by atoms with Gasteiger partial charge in [-0.25, -0.2) is 9.37 Å². The molecule has 0 saturated carbocycles. The topological polar surface area (TPSA) is 70.7 Å². The standard InChI is InChI=1S/C14H11FN4O/c1-8-2-3-11(15)5-12(8)18-14(20)10-4-9-7-17-19-13(9)16-6-10/h2-7H,1H3,(H,18,20)(H,16,17,19). The molecule has 0 aliphatic rings.